The highest BCUT2D eigenvalue weighted by molar-refractivity contribution is 7.90. The third kappa shape index (κ3) is 13.1. The predicted octanol–water partition coefficient (Wildman–Crippen LogP) is 5.21. The maximum absolute atomic E-state index is 14.2. The van der Waals surface area contributed by atoms with Crippen molar-refractivity contribution in [2.45, 2.75) is 42.8 Å². The van der Waals surface area contributed by atoms with Crippen LogP contribution in [0.2, 0.25) is 0 Å². The smallest absolute Gasteiger partial charge is 0.339 e. The Hall–Kier alpha value is -8.63. The minimum Gasteiger partial charge on any atom is -0.457 e. The molecule has 6 aromatic carbocycles. The van der Waals surface area contributed by atoms with Crippen molar-refractivity contribution in [1.82, 2.24) is 20.1 Å². The molecule has 0 unspecified atom stereocenters. The number of sulfonamides is 2. The average molecular weight is 1050 g/mol. The van der Waals surface area contributed by atoms with E-state index >= 15 is 0 Å². The maximum atomic E-state index is 14.2. The molecule has 0 aromatic heterocycles. The number of ether oxygens (including phenoxy) is 5. The molecule has 0 fully saturated rings. The molecule has 20 nitrogen and oxygen atoms in total. The largest absolute Gasteiger partial charge is 0.457 e. The summed E-state index contributed by atoms with van der Waals surface area (Å²) in [6.07, 6.45) is -0.0321. The van der Waals surface area contributed by atoms with E-state index in [0.717, 1.165) is 11.6 Å². The number of benzene rings is 6. The van der Waals surface area contributed by atoms with E-state index in [0.29, 0.717) is 51.1 Å². The van der Waals surface area contributed by atoms with Crippen LogP contribution in [0.15, 0.2) is 150 Å². The monoisotopic (exact) mass is 1050 g/mol. The second-order valence-electron chi connectivity index (χ2n) is 17.0. The van der Waals surface area contributed by atoms with Crippen LogP contribution in [0.3, 0.4) is 0 Å². The molecule has 6 amide bonds. The summed E-state index contributed by atoms with van der Waals surface area (Å²) < 4.78 is 84.8. The fraction of sp³-hybridized carbons (Fsp3) is 0.212. The fourth-order valence-electron chi connectivity index (χ4n) is 7.98. The van der Waals surface area contributed by atoms with Gasteiger partial charge in [-0.2, -0.15) is 0 Å². The Morgan fingerprint density at radius 2 is 1.03 bits per heavy atom. The third-order valence-corrected chi connectivity index (χ3v) is 14.4. The molecular weight excluding hydrogens is 997 g/mol. The Balaban J connectivity index is 0.936. The van der Waals surface area contributed by atoms with Gasteiger partial charge in [0.15, 0.2) is 23.0 Å². The molecule has 384 valence electrons. The van der Waals surface area contributed by atoms with Gasteiger partial charge in [-0.25, -0.2) is 40.7 Å². The van der Waals surface area contributed by atoms with Crippen LogP contribution in [0, 0.1) is 0 Å². The summed E-state index contributed by atoms with van der Waals surface area (Å²) in [5.74, 6) is -0.858. The molecule has 22 heteroatoms. The van der Waals surface area contributed by atoms with Crippen LogP contribution in [0.5, 0.6) is 23.0 Å². The molecule has 74 heavy (non-hydrogen) atoms. The minimum atomic E-state index is -4.78. The summed E-state index contributed by atoms with van der Waals surface area (Å²) in [6.45, 7) is -0.374. The SMILES string of the molecule is CN(C(=O)[C@H](Cc1cccc(COC(=O)c2ccccc2S(=O)(=O)NC(=O)N[C@@H](Cc2ccccc2)C(=O)N(C)c2ccc3c(c2)OCO3)c1)NC(=O)NS(=O)(=O)CCc1ccccc1)c1ccc2c(c1)OCO2. The van der Waals surface area contributed by atoms with Crippen LogP contribution < -0.4 is 48.8 Å². The third-order valence-electron chi connectivity index (χ3n) is 11.8. The summed E-state index contributed by atoms with van der Waals surface area (Å²) in [4.78, 5) is 70.6. The van der Waals surface area contributed by atoms with Crippen LogP contribution in [0.1, 0.15) is 32.6 Å². The Kier molecular flexibility index (Phi) is 16.0. The standard InChI is InChI=1S/C52H50N6O14S2/c1-57(38-20-22-43-45(29-38)71-32-69-43)48(59)41(27-35-14-7-4-8-15-35)54-52(63)56-74(66,67)47-19-10-9-18-40(47)50(61)68-31-37-17-11-16-36(26-37)28-42(49(60)58(2)39-21-23-44-46(30-39)72-33-70-44)53-51(62)55-73(64,65)25-24-34-12-5-3-6-13-34/h3-23,26,29-30,41-42H,24-25,27-28,31-33H2,1-2H3,(H2,53,55,62)(H2,54,56,63)/t41-,42-/m0/s1. The molecule has 0 saturated carbocycles. The van der Waals surface area contributed by atoms with E-state index in [-0.39, 0.29) is 32.8 Å². The van der Waals surface area contributed by atoms with Crippen molar-refractivity contribution in [3.05, 3.63) is 173 Å². The van der Waals surface area contributed by atoms with Crippen molar-refractivity contribution < 1.29 is 64.5 Å². The van der Waals surface area contributed by atoms with Gasteiger partial charge in [0, 0.05) is 50.4 Å². The number of carbonyl (C=O) groups is 5. The molecule has 2 aliphatic rings. The van der Waals surface area contributed by atoms with Crippen LogP contribution >= 0.6 is 0 Å². The number of hydrogen-bond acceptors (Lipinski definition) is 14. The highest BCUT2D eigenvalue weighted by Gasteiger charge is 2.32. The van der Waals surface area contributed by atoms with E-state index in [4.69, 9.17) is 23.7 Å². The molecule has 2 aliphatic heterocycles. The molecule has 0 saturated heterocycles. The lowest BCUT2D eigenvalue weighted by atomic mass is 10.0. The van der Waals surface area contributed by atoms with Crippen molar-refractivity contribution in [1.29, 1.82) is 0 Å². The van der Waals surface area contributed by atoms with Gasteiger partial charge >= 0.3 is 18.0 Å². The van der Waals surface area contributed by atoms with Crippen LogP contribution in [-0.4, -0.2) is 92.2 Å². The Morgan fingerprint density at radius 3 is 1.62 bits per heavy atom. The summed E-state index contributed by atoms with van der Waals surface area (Å²) in [5, 5.41) is 5.00. The number of nitrogens with one attached hydrogen (secondary N) is 4. The number of hydrogen-bond donors (Lipinski definition) is 4. The van der Waals surface area contributed by atoms with Gasteiger partial charge in [0.2, 0.25) is 35.4 Å². The van der Waals surface area contributed by atoms with Gasteiger partial charge in [-0.3, -0.25) is 9.59 Å². The molecule has 0 bridgehead atoms. The Bertz CT molecular complexity index is 3290. The fourth-order valence-corrected chi connectivity index (χ4v) is 10.0. The number of amides is 6. The molecular formula is C52H50N6O14S2. The lowest BCUT2D eigenvalue weighted by Gasteiger charge is -2.25. The summed E-state index contributed by atoms with van der Waals surface area (Å²) in [5.41, 5.74) is 2.70. The first-order valence-electron chi connectivity index (χ1n) is 22.9. The molecule has 2 heterocycles. The zero-order valence-electron chi connectivity index (χ0n) is 39.9. The normalized spacial score (nSPS) is 13.2. The first-order chi connectivity index (χ1) is 35.5. The van der Waals surface area contributed by atoms with E-state index < -0.39 is 84.8 Å². The van der Waals surface area contributed by atoms with E-state index in [2.05, 4.69) is 10.6 Å². The van der Waals surface area contributed by atoms with Gasteiger partial charge in [0.1, 0.15) is 23.6 Å². The second kappa shape index (κ2) is 22.8. The van der Waals surface area contributed by atoms with Crippen LogP contribution in [-0.2, 0) is 60.2 Å². The number of carbonyl (C=O) groups excluding carboxylic acids is 5. The van der Waals surface area contributed by atoms with Gasteiger partial charge in [-0.05, 0) is 65.1 Å². The Morgan fingerprint density at radius 1 is 0.541 bits per heavy atom. The molecule has 2 atom stereocenters. The number of nitrogens with zero attached hydrogens (tertiary/aromatic N) is 2. The molecule has 8 rings (SSSR count). The number of rotatable bonds is 19. The summed E-state index contributed by atoms with van der Waals surface area (Å²) >= 11 is 0. The lowest BCUT2D eigenvalue weighted by molar-refractivity contribution is -0.120. The maximum Gasteiger partial charge on any atom is 0.339 e. The summed E-state index contributed by atoms with van der Waals surface area (Å²) in [7, 11) is -5.95. The molecule has 4 N–H and O–H groups in total. The van der Waals surface area contributed by atoms with Crippen molar-refractivity contribution in [3.63, 3.8) is 0 Å². The van der Waals surface area contributed by atoms with E-state index in [1.807, 2.05) is 9.44 Å². The minimum absolute atomic E-state index is 0.00247. The van der Waals surface area contributed by atoms with Crippen molar-refractivity contribution in [3.8, 4) is 23.0 Å². The average Bonchev–Trinajstić information content (AvgIpc) is 4.08. The zero-order chi connectivity index (χ0) is 52.4. The second-order valence-corrected chi connectivity index (χ2v) is 20.5. The topological polar surface area (TPSA) is 254 Å². The van der Waals surface area contributed by atoms with Crippen molar-refractivity contribution >= 4 is 61.3 Å². The number of likely N-dealkylation sites (N-methyl/N-ethyl adjacent to an activating group) is 2. The number of esters is 1. The van der Waals surface area contributed by atoms with Gasteiger partial charge in [0.25, 0.3) is 10.0 Å². The van der Waals surface area contributed by atoms with Crippen molar-refractivity contribution in [2.75, 3.05) is 43.2 Å². The number of urea groups is 2. The Labute approximate surface area is 426 Å². The first kappa shape index (κ1) is 51.7. The number of anilines is 2. The van der Waals surface area contributed by atoms with E-state index in [1.165, 1.54) is 42.1 Å². The van der Waals surface area contributed by atoms with Gasteiger partial charge < -0.3 is 44.1 Å². The van der Waals surface area contributed by atoms with E-state index in [1.54, 1.807) is 121 Å². The highest BCUT2D eigenvalue weighted by atomic mass is 32.2. The molecule has 6 aromatic rings. The first-order valence-corrected chi connectivity index (χ1v) is 26.1. The van der Waals surface area contributed by atoms with Crippen LogP contribution in [0.25, 0.3) is 0 Å². The van der Waals surface area contributed by atoms with Gasteiger partial charge in [0.05, 0.1) is 11.3 Å². The van der Waals surface area contributed by atoms with Crippen LogP contribution in [0.4, 0.5) is 21.0 Å². The van der Waals surface area contributed by atoms with E-state index in [9.17, 15) is 40.8 Å². The predicted molar refractivity (Wildman–Crippen MR) is 270 cm³/mol. The quantitative estimate of drug-likeness (QED) is 0.0761. The zero-order valence-corrected chi connectivity index (χ0v) is 41.5. The number of aryl methyl sites for hydroxylation is 1. The summed E-state index contributed by atoms with van der Waals surface area (Å²) in [6, 6.07) is 33.9. The van der Waals surface area contributed by atoms with Crippen molar-refractivity contribution in [2.24, 2.45) is 0 Å². The van der Waals surface area contributed by atoms with Gasteiger partial charge in [-0.1, -0.05) is 97.1 Å². The molecule has 0 radical (unpaired) electrons. The lowest BCUT2D eigenvalue weighted by Crippen LogP contribution is -2.52. The highest BCUT2D eigenvalue weighted by Crippen LogP contribution is 2.36. The van der Waals surface area contributed by atoms with Gasteiger partial charge in [-0.15, -0.1) is 0 Å². The number of fused-ring (bicyclic) bond motifs is 2. The molecule has 0 spiro atoms. The molecule has 0 aliphatic carbocycles.